The first-order valence-electron chi connectivity index (χ1n) is 4.75. The lowest BCUT2D eigenvalue weighted by molar-refractivity contribution is -0.124. The maximum absolute atomic E-state index is 11.4. The van der Waals surface area contributed by atoms with E-state index < -0.39 is 0 Å². The molecule has 0 radical (unpaired) electrons. The molecule has 12 heavy (non-hydrogen) atoms. The van der Waals surface area contributed by atoms with Gasteiger partial charge in [-0.3, -0.25) is 4.79 Å². The van der Waals surface area contributed by atoms with Crippen LogP contribution in [0.25, 0.3) is 0 Å². The van der Waals surface area contributed by atoms with Gasteiger partial charge < -0.3 is 5.32 Å². The molecule has 2 nitrogen and oxygen atoms in total. The third-order valence-electron chi connectivity index (χ3n) is 2.84. The van der Waals surface area contributed by atoms with E-state index in [2.05, 4.69) is 33.0 Å². The Balaban J connectivity index is 2.42. The van der Waals surface area contributed by atoms with Crippen LogP contribution in [0, 0.1) is 11.8 Å². The van der Waals surface area contributed by atoms with Crippen molar-refractivity contribution >= 4 is 5.91 Å². The molecule has 0 saturated heterocycles. The van der Waals surface area contributed by atoms with Crippen LogP contribution >= 0.6 is 0 Å². The van der Waals surface area contributed by atoms with Crippen LogP contribution in [0.1, 0.15) is 40.5 Å². The second-order valence-electron chi connectivity index (χ2n) is 4.64. The molecule has 1 rings (SSSR count). The van der Waals surface area contributed by atoms with Gasteiger partial charge in [0.2, 0.25) is 5.91 Å². The average Bonchev–Trinajstić information content (AvgIpc) is 2.65. The van der Waals surface area contributed by atoms with E-state index in [1.807, 2.05) is 0 Å². The summed E-state index contributed by atoms with van der Waals surface area (Å²) in [7, 11) is 0. The zero-order chi connectivity index (χ0) is 9.35. The van der Waals surface area contributed by atoms with Gasteiger partial charge in [0.05, 0.1) is 0 Å². The van der Waals surface area contributed by atoms with Crippen molar-refractivity contribution in [2.45, 2.75) is 46.1 Å². The lowest BCUT2D eigenvalue weighted by Gasteiger charge is -2.30. The minimum atomic E-state index is -0.0559. The van der Waals surface area contributed by atoms with Gasteiger partial charge in [0.15, 0.2) is 0 Å². The molecular formula is C10H19NO. The number of hydrogen-bond acceptors (Lipinski definition) is 1. The molecule has 0 atom stereocenters. The summed E-state index contributed by atoms with van der Waals surface area (Å²) in [5, 5.41) is 3.08. The molecule has 2 heteroatoms. The number of carbonyl (C=O) groups is 1. The predicted molar refractivity (Wildman–Crippen MR) is 49.8 cm³/mol. The molecule has 1 aliphatic rings. The number of nitrogens with one attached hydrogen (secondary N) is 1. The maximum Gasteiger partial charge on any atom is 0.223 e. The van der Waals surface area contributed by atoms with Gasteiger partial charge >= 0.3 is 0 Å². The fourth-order valence-electron chi connectivity index (χ4n) is 0.909. The average molecular weight is 169 g/mol. The van der Waals surface area contributed by atoms with E-state index in [-0.39, 0.29) is 11.4 Å². The fraction of sp³-hybridized carbons (Fsp3) is 0.900. The van der Waals surface area contributed by atoms with Crippen molar-refractivity contribution in [3.8, 4) is 0 Å². The fourth-order valence-corrected chi connectivity index (χ4v) is 0.909. The molecule has 0 unspecified atom stereocenters. The van der Waals surface area contributed by atoms with Crippen molar-refractivity contribution in [2.24, 2.45) is 11.8 Å². The summed E-state index contributed by atoms with van der Waals surface area (Å²) in [6, 6.07) is 0. The first kappa shape index (κ1) is 9.56. The van der Waals surface area contributed by atoms with Crippen LogP contribution in [-0.2, 0) is 4.79 Å². The van der Waals surface area contributed by atoms with E-state index >= 15 is 0 Å². The largest absolute Gasteiger partial charge is 0.351 e. The van der Waals surface area contributed by atoms with Crippen molar-refractivity contribution in [2.75, 3.05) is 0 Å². The van der Waals surface area contributed by atoms with Crippen molar-refractivity contribution in [3.05, 3.63) is 0 Å². The van der Waals surface area contributed by atoms with Crippen LogP contribution in [0.15, 0.2) is 0 Å². The van der Waals surface area contributed by atoms with Crippen LogP contribution in [0.2, 0.25) is 0 Å². The standard InChI is InChI=1S/C10H19NO/c1-7(2)10(3,4)11-9(12)8-5-6-8/h7-8H,5-6H2,1-4H3,(H,11,12). The van der Waals surface area contributed by atoms with Gasteiger partial charge in [-0.2, -0.15) is 0 Å². The highest BCUT2D eigenvalue weighted by molar-refractivity contribution is 5.81. The molecule has 1 saturated carbocycles. The van der Waals surface area contributed by atoms with Crippen LogP contribution < -0.4 is 5.32 Å². The minimum Gasteiger partial charge on any atom is -0.351 e. The van der Waals surface area contributed by atoms with Crippen LogP contribution in [-0.4, -0.2) is 11.4 Å². The first-order valence-corrected chi connectivity index (χ1v) is 4.75. The Labute approximate surface area is 74.7 Å². The third kappa shape index (κ3) is 2.23. The molecule has 70 valence electrons. The molecule has 1 N–H and O–H groups in total. The maximum atomic E-state index is 11.4. The summed E-state index contributed by atoms with van der Waals surface area (Å²) in [6.45, 7) is 8.43. The van der Waals surface area contributed by atoms with E-state index in [9.17, 15) is 4.79 Å². The van der Waals surface area contributed by atoms with Crippen molar-refractivity contribution < 1.29 is 4.79 Å². The normalized spacial score (nSPS) is 18.1. The Hall–Kier alpha value is -0.530. The van der Waals surface area contributed by atoms with Gasteiger partial charge in [0.25, 0.3) is 0 Å². The number of amides is 1. The van der Waals surface area contributed by atoms with E-state index in [0.29, 0.717) is 11.8 Å². The summed E-state index contributed by atoms with van der Waals surface area (Å²) < 4.78 is 0. The van der Waals surface area contributed by atoms with Crippen LogP contribution in [0.3, 0.4) is 0 Å². The number of hydrogen-bond donors (Lipinski definition) is 1. The van der Waals surface area contributed by atoms with Gasteiger partial charge in [0, 0.05) is 11.5 Å². The second-order valence-corrected chi connectivity index (χ2v) is 4.64. The first-order chi connectivity index (χ1) is 5.43. The Morgan fingerprint density at radius 2 is 1.92 bits per heavy atom. The van der Waals surface area contributed by atoms with Crippen molar-refractivity contribution in [1.82, 2.24) is 5.32 Å². The summed E-state index contributed by atoms with van der Waals surface area (Å²) in [6.07, 6.45) is 2.17. The lowest BCUT2D eigenvalue weighted by Crippen LogP contribution is -2.47. The number of carbonyl (C=O) groups excluding carboxylic acids is 1. The Bertz CT molecular complexity index is 180. The molecule has 1 fully saturated rings. The minimum absolute atomic E-state index is 0.0559. The summed E-state index contributed by atoms with van der Waals surface area (Å²) in [4.78, 5) is 11.4. The van der Waals surface area contributed by atoms with Gasteiger partial charge in [-0.15, -0.1) is 0 Å². The molecule has 0 aromatic heterocycles. The molecule has 0 spiro atoms. The molecule has 0 aromatic carbocycles. The zero-order valence-electron chi connectivity index (χ0n) is 8.48. The molecule has 1 amide bonds. The SMILES string of the molecule is CC(C)C(C)(C)NC(=O)C1CC1. The highest BCUT2D eigenvalue weighted by Crippen LogP contribution is 2.30. The third-order valence-corrected chi connectivity index (χ3v) is 2.84. The summed E-state index contributed by atoms with van der Waals surface area (Å²) >= 11 is 0. The highest BCUT2D eigenvalue weighted by atomic mass is 16.2. The zero-order valence-corrected chi connectivity index (χ0v) is 8.48. The van der Waals surface area contributed by atoms with Gasteiger partial charge in [-0.1, -0.05) is 13.8 Å². The molecular weight excluding hydrogens is 150 g/mol. The van der Waals surface area contributed by atoms with Gasteiger partial charge in [-0.05, 0) is 32.6 Å². The predicted octanol–water partition coefficient (Wildman–Crippen LogP) is 1.95. The Morgan fingerprint density at radius 1 is 1.42 bits per heavy atom. The lowest BCUT2D eigenvalue weighted by atomic mass is 9.90. The molecule has 0 aliphatic heterocycles. The molecule has 0 bridgehead atoms. The Morgan fingerprint density at radius 3 is 2.25 bits per heavy atom. The second kappa shape index (κ2) is 3.08. The molecule has 1 aliphatic carbocycles. The topological polar surface area (TPSA) is 29.1 Å². The quantitative estimate of drug-likeness (QED) is 0.687. The number of rotatable bonds is 3. The van der Waals surface area contributed by atoms with Gasteiger partial charge in [0.1, 0.15) is 0 Å². The van der Waals surface area contributed by atoms with E-state index in [1.54, 1.807) is 0 Å². The monoisotopic (exact) mass is 169 g/mol. The smallest absolute Gasteiger partial charge is 0.223 e. The van der Waals surface area contributed by atoms with Gasteiger partial charge in [-0.25, -0.2) is 0 Å². The molecule has 0 heterocycles. The van der Waals surface area contributed by atoms with E-state index in [0.717, 1.165) is 12.8 Å². The Kier molecular flexibility index (Phi) is 2.45. The van der Waals surface area contributed by atoms with E-state index in [1.165, 1.54) is 0 Å². The van der Waals surface area contributed by atoms with Crippen LogP contribution in [0.4, 0.5) is 0 Å². The van der Waals surface area contributed by atoms with E-state index in [4.69, 9.17) is 0 Å². The molecule has 0 aromatic rings. The highest BCUT2D eigenvalue weighted by Gasteiger charge is 2.33. The van der Waals surface area contributed by atoms with Crippen molar-refractivity contribution in [3.63, 3.8) is 0 Å². The summed E-state index contributed by atoms with van der Waals surface area (Å²) in [5.74, 6) is 1.05. The van der Waals surface area contributed by atoms with Crippen molar-refractivity contribution in [1.29, 1.82) is 0 Å². The van der Waals surface area contributed by atoms with Crippen LogP contribution in [0.5, 0.6) is 0 Å². The summed E-state index contributed by atoms with van der Waals surface area (Å²) in [5.41, 5.74) is -0.0559.